The number of hydrogen-bond acceptors (Lipinski definition) is 4. The van der Waals surface area contributed by atoms with Crippen LogP contribution >= 0.6 is 0 Å². The Hall–Kier alpha value is -1.13. The van der Waals surface area contributed by atoms with Crippen molar-refractivity contribution in [2.45, 2.75) is 39.8 Å². The zero-order chi connectivity index (χ0) is 13.6. The normalized spacial score (nSPS) is 11.9. The molecule has 0 aliphatic heterocycles. The van der Waals surface area contributed by atoms with E-state index >= 15 is 0 Å². The zero-order valence-corrected chi connectivity index (χ0v) is 11.9. The number of hydrogen-bond donors (Lipinski definition) is 2. The molecule has 1 rings (SSSR count). The van der Waals surface area contributed by atoms with Crippen LogP contribution < -0.4 is 5.32 Å². The molecule has 18 heavy (non-hydrogen) atoms. The predicted molar refractivity (Wildman–Crippen MR) is 75.6 cm³/mol. The van der Waals surface area contributed by atoms with E-state index in [0.29, 0.717) is 6.54 Å². The fourth-order valence-electron chi connectivity index (χ4n) is 1.93. The quantitative estimate of drug-likeness (QED) is 0.779. The van der Waals surface area contributed by atoms with Gasteiger partial charge in [0.15, 0.2) is 0 Å². The maximum absolute atomic E-state index is 9.86. The average Bonchev–Trinajstić information content (AvgIpc) is 2.27. The van der Waals surface area contributed by atoms with Crippen molar-refractivity contribution in [1.29, 1.82) is 0 Å². The average molecular weight is 251 g/mol. The molecule has 1 aromatic rings. The second-order valence-electron chi connectivity index (χ2n) is 5.18. The Balaban J connectivity index is 2.66. The van der Waals surface area contributed by atoms with E-state index in [1.807, 2.05) is 26.1 Å². The molecule has 4 heteroatoms. The number of aromatic nitrogens is 1. The summed E-state index contributed by atoms with van der Waals surface area (Å²) in [4.78, 5) is 6.57. The van der Waals surface area contributed by atoms with E-state index in [-0.39, 0.29) is 0 Å². The van der Waals surface area contributed by atoms with E-state index in [1.165, 1.54) is 0 Å². The summed E-state index contributed by atoms with van der Waals surface area (Å²) in [6.07, 6.45) is 1.82. The van der Waals surface area contributed by atoms with Crippen molar-refractivity contribution in [1.82, 2.24) is 9.88 Å². The molecule has 0 spiro atoms. The highest BCUT2D eigenvalue weighted by atomic mass is 16.3. The lowest BCUT2D eigenvalue weighted by Crippen LogP contribution is -2.38. The Morgan fingerprint density at radius 2 is 2.11 bits per heavy atom. The molecule has 0 saturated carbocycles. The molecule has 1 heterocycles. The predicted octanol–water partition coefficient (Wildman–Crippen LogP) is 2.11. The van der Waals surface area contributed by atoms with Gasteiger partial charge in [0.2, 0.25) is 0 Å². The fourth-order valence-corrected chi connectivity index (χ4v) is 1.93. The minimum atomic E-state index is -0.671. The van der Waals surface area contributed by atoms with E-state index in [2.05, 4.69) is 35.1 Å². The first-order valence-corrected chi connectivity index (χ1v) is 6.58. The van der Waals surface area contributed by atoms with Crippen LogP contribution in [-0.4, -0.2) is 40.2 Å². The van der Waals surface area contributed by atoms with Gasteiger partial charge in [-0.25, -0.2) is 0 Å². The molecule has 0 fully saturated rings. The van der Waals surface area contributed by atoms with Crippen LogP contribution in [0, 0.1) is 0 Å². The van der Waals surface area contributed by atoms with Crippen molar-refractivity contribution in [2.75, 3.05) is 25.0 Å². The first-order valence-electron chi connectivity index (χ1n) is 6.58. The number of aliphatic hydroxyl groups is 1. The SMILES string of the molecule is CCNc1ccnc(CN(CC)CC(C)(C)O)c1. The van der Waals surface area contributed by atoms with Gasteiger partial charge in [0, 0.05) is 31.5 Å². The molecule has 0 aliphatic rings. The molecule has 1 aromatic heterocycles. The highest BCUT2D eigenvalue weighted by Crippen LogP contribution is 2.12. The second-order valence-corrected chi connectivity index (χ2v) is 5.18. The standard InChI is InChI=1S/C14H25N3O/c1-5-15-12-7-8-16-13(9-12)10-17(6-2)11-14(3,4)18/h7-9,18H,5-6,10-11H2,1-4H3,(H,15,16). The van der Waals surface area contributed by atoms with Crippen molar-refractivity contribution in [3.8, 4) is 0 Å². The van der Waals surface area contributed by atoms with Crippen LogP contribution in [0.25, 0.3) is 0 Å². The minimum Gasteiger partial charge on any atom is -0.389 e. The summed E-state index contributed by atoms with van der Waals surface area (Å²) in [5, 5.41) is 13.1. The first kappa shape index (κ1) is 14.9. The van der Waals surface area contributed by atoms with Crippen LogP contribution in [0.15, 0.2) is 18.3 Å². The number of nitrogens with one attached hydrogen (secondary N) is 1. The summed E-state index contributed by atoms with van der Waals surface area (Å²) in [5.41, 5.74) is 1.45. The molecular formula is C14H25N3O. The van der Waals surface area contributed by atoms with Crippen molar-refractivity contribution < 1.29 is 5.11 Å². The fraction of sp³-hybridized carbons (Fsp3) is 0.643. The number of anilines is 1. The van der Waals surface area contributed by atoms with Gasteiger partial charge >= 0.3 is 0 Å². The van der Waals surface area contributed by atoms with E-state index in [4.69, 9.17) is 0 Å². The van der Waals surface area contributed by atoms with Crippen molar-refractivity contribution in [3.05, 3.63) is 24.0 Å². The zero-order valence-electron chi connectivity index (χ0n) is 11.9. The van der Waals surface area contributed by atoms with E-state index in [0.717, 1.165) is 31.0 Å². The van der Waals surface area contributed by atoms with Crippen LogP contribution in [0.3, 0.4) is 0 Å². The van der Waals surface area contributed by atoms with Crippen molar-refractivity contribution in [2.24, 2.45) is 0 Å². The van der Waals surface area contributed by atoms with Crippen LogP contribution in [0.4, 0.5) is 5.69 Å². The Morgan fingerprint density at radius 3 is 2.67 bits per heavy atom. The van der Waals surface area contributed by atoms with Crippen molar-refractivity contribution >= 4 is 5.69 Å². The third-order valence-electron chi connectivity index (χ3n) is 2.64. The Morgan fingerprint density at radius 1 is 1.39 bits per heavy atom. The molecular weight excluding hydrogens is 226 g/mol. The molecule has 0 bridgehead atoms. The maximum atomic E-state index is 9.86. The summed E-state index contributed by atoms with van der Waals surface area (Å²) in [6, 6.07) is 4.04. The minimum absolute atomic E-state index is 0.649. The van der Waals surface area contributed by atoms with Crippen LogP contribution in [0.2, 0.25) is 0 Å². The maximum Gasteiger partial charge on any atom is 0.0718 e. The summed E-state index contributed by atoms with van der Waals surface area (Å²) < 4.78 is 0. The highest BCUT2D eigenvalue weighted by Gasteiger charge is 2.17. The molecule has 4 nitrogen and oxygen atoms in total. The Labute approximate surface area is 110 Å². The van der Waals surface area contributed by atoms with Gasteiger partial charge in [0.25, 0.3) is 0 Å². The Kier molecular flexibility index (Phi) is 5.56. The van der Waals surface area contributed by atoms with Gasteiger partial charge in [-0.1, -0.05) is 6.92 Å². The monoisotopic (exact) mass is 251 g/mol. The van der Waals surface area contributed by atoms with Crippen LogP contribution in [-0.2, 0) is 6.54 Å². The van der Waals surface area contributed by atoms with Crippen molar-refractivity contribution in [3.63, 3.8) is 0 Å². The van der Waals surface area contributed by atoms with Gasteiger partial charge in [-0.05, 0) is 39.4 Å². The van der Waals surface area contributed by atoms with Gasteiger partial charge in [0.05, 0.1) is 11.3 Å². The third kappa shape index (κ3) is 5.47. The lowest BCUT2D eigenvalue weighted by Gasteiger charge is -2.27. The molecule has 102 valence electrons. The molecule has 0 radical (unpaired) electrons. The third-order valence-corrected chi connectivity index (χ3v) is 2.64. The largest absolute Gasteiger partial charge is 0.389 e. The summed E-state index contributed by atoms with van der Waals surface area (Å²) in [5.74, 6) is 0. The number of rotatable bonds is 7. The van der Waals surface area contributed by atoms with Gasteiger partial charge in [0.1, 0.15) is 0 Å². The number of likely N-dealkylation sites (N-methyl/N-ethyl adjacent to an activating group) is 1. The van der Waals surface area contributed by atoms with Gasteiger partial charge < -0.3 is 10.4 Å². The summed E-state index contributed by atoms with van der Waals surface area (Å²) in [7, 11) is 0. The lowest BCUT2D eigenvalue weighted by atomic mass is 10.1. The molecule has 0 aromatic carbocycles. The van der Waals surface area contributed by atoms with Gasteiger partial charge in [-0.2, -0.15) is 0 Å². The van der Waals surface area contributed by atoms with Gasteiger partial charge in [-0.3, -0.25) is 9.88 Å². The van der Waals surface area contributed by atoms with E-state index in [1.54, 1.807) is 0 Å². The van der Waals surface area contributed by atoms with E-state index in [9.17, 15) is 5.11 Å². The Bertz CT molecular complexity index is 360. The lowest BCUT2D eigenvalue weighted by molar-refractivity contribution is 0.0350. The second kappa shape index (κ2) is 6.71. The van der Waals surface area contributed by atoms with E-state index < -0.39 is 5.60 Å². The molecule has 0 amide bonds. The smallest absolute Gasteiger partial charge is 0.0718 e. The van der Waals surface area contributed by atoms with Crippen LogP contribution in [0.5, 0.6) is 0 Å². The first-order chi connectivity index (χ1) is 8.44. The van der Waals surface area contributed by atoms with Crippen LogP contribution in [0.1, 0.15) is 33.4 Å². The van der Waals surface area contributed by atoms with Gasteiger partial charge in [-0.15, -0.1) is 0 Å². The number of pyridine rings is 1. The summed E-state index contributed by atoms with van der Waals surface area (Å²) in [6.45, 7) is 11.1. The highest BCUT2D eigenvalue weighted by molar-refractivity contribution is 5.42. The molecule has 0 saturated heterocycles. The topological polar surface area (TPSA) is 48.4 Å². The number of nitrogens with zero attached hydrogens (tertiary/aromatic N) is 2. The molecule has 0 unspecified atom stereocenters. The summed E-state index contributed by atoms with van der Waals surface area (Å²) >= 11 is 0. The molecule has 0 atom stereocenters. The molecule has 2 N–H and O–H groups in total. The molecule has 0 aliphatic carbocycles.